The highest BCUT2D eigenvalue weighted by Gasteiger charge is 2.35. The molecule has 114 valence electrons. The van der Waals surface area contributed by atoms with Gasteiger partial charge in [-0.25, -0.2) is 0 Å². The Hall–Kier alpha value is -2.66. The van der Waals surface area contributed by atoms with Crippen molar-refractivity contribution >= 4 is 23.6 Å². The van der Waals surface area contributed by atoms with Crippen molar-refractivity contribution in [2.24, 2.45) is 5.73 Å². The number of dihydropyridines is 1. The monoisotopic (exact) mass is 319 g/mol. The first-order valence-electron chi connectivity index (χ1n) is 6.25. The van der Waals surface area contributed by atoms with E-state index in [1.807, 2.05) is 6.07 Å². The molecule has 0 fully saturated rings. The molecule has 0 aliphatic carbocycles. The molecule has 0 bridgehead atoms. The smallest absolute Gasteiger partial charge is 0.313 e. The Kier molecular flexibility index (Phi) is 4.58. The zero-order valence-electron chi connectivity index (χ0n) is 11.6. The minimum Gasteiger partial charge on any atom is -0.481 e. The van der Waals surface area contributed by atoms with Crippen LogP contribution in [0.4, 0.5) is 0 Å². The van der Waals surface area contributed by atoms with Crippen molar-refractivity contribution < 1.29 is 19.1 Å². The number of nitrogens with two attached hydrogens (primary N) is 1. The number of nitrogens with one attached hydrogen (secondary N) is 1. The summed E-state index contributed by atoms with van der Waals surface area (Å²) in [6.07, 6.45) is 1.43. The highest BCUT2D eigenvalue weighted by atomic mass is 32.2. The van der Waals surface area contributed by atoms with Crippen LogP contribution in [-0.4, -0.2) is 22.7 Å². The number of nitriles is 1. The fraction of sp³-hybridized carbons (Fsp3) is 0.214. The van der Waals surface area contributed by atoms with Crippen molar-refractivity contribution in [3.05, 3.63) is 46.0 Å². The number of amides is 1. The molecule has 1 aliphatic heterocycles. The molecule has 7 nitrogen and oxygen atoms in total. The first-order chi connectivity index (χ1) is 10.5. The van der Waals surface area contributed by atoms with E-state index in [1.165, 1.54) is 6.26 Å². The van der Waals surface area contributed by atoms with Gasteiger partial charge in [-0.2, -0.15) is 5.26 Å². The first kappa shape index (κ1) is 15.7. The van der Waals surface area contributed by atoms with E-state index in [4.69, 9.17) is 15.3 Å². The van der Waals surface area contributed by atoms with Crippen LogP contribution in [0.5, 0.6) is 0 Å². The lowest BCUT2D eigenvalue weighted by molar-refractivity contribution is -0.133. The van der Waals surface area contributed by atoms with E-state index in [9.17, 15) is 14.9 Å². The van der Waals surface area contributed by atoms with Gasteiger partial charge in [0.2, 0.25) is 5.91 Å². The summed E-state index contributed by atoms with van der Waals surface area (Å²) in [4.78, 5) is 22.5. The van der Waals surface area contributed by atoms with Crippen molar-refractivity contribution in [2.75, 3.05) is 5.75 Å². The molecule has 0 saturated heterocycles. The summed E-state index contributed by atoms with van der Waals surface area (Å²) in [5.74, 6) is -2.22. The maximum Gasteiger partial charge on any atom is 0.313 e. The number of hydrogen-bond donors (Lipinski definition) is 3. The summed E-state index contributed by atoms with van der Waals surface area (Å²) in [5, 5.41) is 21.5. The van der Waals surface area contributed by atoms with Crippen LogP contribution in [0.15, 0.2) is 44.7 Å². The van der Waals surface area contributed by atoms with Crippen LogP contribution in [0.3, 0.4) is 0 Å². The van der Waals surface area contributed by atoms with Gasteiger partial charge in [-0.15, -0.1) is 0 Å². The van der Waals surface area contributed by atoms with Crippen LogP contribution < -0.4 is 11.1 Å². The van der Waals surface area contributed by atoms with Gasteiger partial charge >= 0.3 is 5.97 Å². The van der Waals surface area contributed by atoms with Crippen LogP contribution >= 0.6 is 11.8 Å². The van der Waals surface area contributed by atoms with E-state index in [-0.39, 0.29) is 16.9 Å². The van der Waals surface area contributed by atoms with E-state index >= 15 is 0 Å². The number of aliphatic carboxylic acids is 1. The van der Waals surface area contributed by atoms with Crippen LogP contribution in [0.1, 0.15) is 18.6 Å². The first-order valence-corrected chi connectivity index (χ1v) is 7.24. The number of allylic oxidation sites excluding steroid dienone is 2. The molecule has 8 heteroatoms. The van der Waals surface area contributed by atoms with Crippen molar-refractivity contribution in [2.45, 2.75) is 12.8 Å². The van der Waals surface area contributed by atoms with Crippen LogP contribution in [0.2, 0.25) is 0 Å². The molecule has 2 rings (SSSR count). The number of carbonyl (C=O) groups excluding carboxylic acids is 1. The van der Waals surface area contributed by atoms with E-state index in [2.05, 4.69) is 5.32 Å². The Morgan fingerprint density at radius 1 is 1.59 bits per heavy atom. The van der Waals surface area contributed by atoms with Crippen LogP contribution in [-0.2, 0) is 9.59 Å². The Morgan fingerprint density at radius 3 is 2.82 bits per heavy atom. The summed E-state index contributed by atoms with van der Waals surface area (Å²) in [6, 6.07) is 5.31. The number of carboxylic acids is 1. The molecule has 0 radical (unpaired) electrons. The molecule has 0 saturated carbocycles. The van der Waals surface area contributed by atoms with Crippen LogP contribution in [0.25, 0.3) is 0 Å². The van der Waals surface area contributed by atoms with Gasteiger partial charge in [-0.05, 0) is 19.1 Å². The van der Waals surface area contributed by atoms with Crippen LogP contribution in [0, 0.1) is 11.3 Å². The Labute approximate surface area is 130 Å². The largest absolute Gasteiger partial charge is 0.481 e. The number of carbonyl (C=O) groups is 2. The highest BCUT2D eigenvalue weighted by molar-refractivity contribution is 8.03. The fourth-order valence-electron chi connectivity index (χ4n) is 2.23. The molecular formula is C14H13N3O4S. The van der Waals surface area contributed by atoms with E-state index in [1.54, 1.807) is 19.1 Å². The predicted molar refractivity (Wildman–Crippen MR) is 79.2 cm³/mol. The van der Waals surface area contributed by atoms with Gasteiger partial charge in [0.1, 0.15) is 5.76 Å². The number of rotatable bonds is 5. The molecule has 0 spiro atoms. The summed E-state index contributed by atoms with van der Waals surface area (Å²) >= 11 is 0.975. The third-order valence-electron chi connectivity index (χ3n) is 3.08. The second-order valence-electron chi connectivity index (χ2n) is 4.51. The molecule has 2 heterocycles. The third-order valence-corrected chi connectivity index (χ3v) is 4.08. The lowest BCUT2D eigenvalue weighted by atomic mass is 9.86. The quantitative estimate of drug-likeness (QED) is 0.745. The molecule has 1 aromatic rings. The number of nitrogens with zero attached hydrogens (tertiary/aromatic N) is 1. The number of thioether (sulfide) groups is 1. The lowest BCUT2D eigenvalue weighted by Crippen LogP contribution is -2.31. The zero-order valence-corrected chi connectivity index (χ0v) is 12.4. The molecule has 1 aliphatic rings. The van der Waals surface area contributed by atoms with Gasteiger partial charge in [0, 0.05) is 5.70 Å². The molecular weight excluding hydrogens is 306 g/mol. The highest BCUT2D eigenvalue weighted by Crippen LogP contribution is 2.40. The number of primary amides is 1. The maximum absolute atomic E-state index is 11.8. The fourth-order valence-corrected chi connectivity index (χ4v) is 3.04. The summed E-state index contributed by atoms with van der Waals surface area (Å²) in [5.41, 5.74) is 6.34. The maximum atomic E-state index is 11.8. The van der Waals surface area contributed by atoms with E-state index in [0.29, 0.717) is 16.5 Å². The molecule has 1 atom stereocenters. The minimum absolute atomic E-state index is 0.209. The van der Waals surface area contributed by atoms with Crippen molar-refractivity contribution in [1.82, 2.24) is 5.32 Å². The predicted octanol–water partition coefficient (Wildman–Crippen LogP) is 1.28. The average Bonchev–Trinajstić information content (AvgIpc) is 2.97. The Balaban J connectivity index is 2.52. The van der Waals surface area contributed by atoms with Gasteiger partial charge < -0.3 is 20.6 Å². The molecule has 22 heavy (non-hydrogen) atoms. The minimum atomic E-state index is -1.01. The van der Waals surface area contributed by atoms with Crippen molar-refractivity contribution in [3.63, 3.8) is 0 Å². The molecule has 0 unspecified atom stereocenters. The zero-order chi connectivity index (χ0) is 16.3. The Bertz CT molecular complexity index is 713. The third kappa shape index (κ3) is 2.99. The summed E-state index contributed by atoms with van der Waals surface area (Å²) < 4.78 is 5.33. The topological polar surface area (TPSA) is 129 Å². The average molecular weight is 319 g/mol. The molecule has 1 amide bonds. The Morgan fingerprint density at radius 2 is 2.32 bits per heavy atom. The second-order valence-corrected chi connectivity index (χ2v) is 5.50. The lowest BCUT2D eigenvalue weighted by Gasteiger charge is -2.27. The van der Waals surface area contributed by atoms with E-state index < -0.39 is 17.8 Å². The normalized spacial score (nSPS) is 17.9. The van der Waals surface area contributed by atoms with Gasteiger partial charge in [-0.1, -0.05) is 11.8 Å². The van der Waals surface area contributed by atoms with Crippen molar-refractivity contribution in [1.29, 1.82) is 5.26 Å². The second kappa shape index (κ2) is 6.41. The molecule has 1 aromatic heterocycles. The van der Waals surface area contributed by atoms with Gasteiger partial charge in [0.15, 0.2) is 0 Å². The SMILES string of the molecule is CC1=C(C(N)=O)[C@@H](c2ccco2)C(C#N)=C(SCC(=O)O)N1. The van der Waals surface area contributed by atoms with Crippen molar-refractivity contribution in [3.8, 4) is 6.07 Å². The number of furan rings is 1. The standard InChI is InChI=1S/C14H13N3O4S/c1-7-11(13(16)20)12(9-3-2-4-21-9)8(5-15)14(17-7)22-6-10(18)19/h2-4,12,17H,6H2,1H3,(H2,16,20)(H,18,19)/t12-/m1/s1. The number of hydrogen-bond acceptors (Lipinski definition) is 6. The molecule has 0 aromatic carbocycles. The van der Waals surface area contributed by atoms with Gasteiger partial charge in [-0.3, -0.25) is 9.59 Å². The van der Waals surface area contributed by atoms with E-state index in [0.717, 1.165) is 11.8 Å². The number of carboxylic acid groups (broad SMARTS) is 1. The van der Waals surface area contributed by atoms with Gasteiger partial charge in [0.05, 0.1) is 40.2 Å². The molecule has 4 N–H and O–H groups in total. The van der Waals surface area contributed by atoms with Gasteiger partial charge in [0.25, 0.3) is 0 Å². The summed E-state index contributed by atoms with van der Waals surface area (Å²) in [7, 11) is 0. The summed E-state index contributed by atoms with van der Waals surface area (Å²) in [6.45, 7) is 1.64.